The lowest BCUT2D eigenvalue weighted by atomic mass is 10.2. The molecule has 0 bridgehead atoms. The number of guanidine groups is 1. The van der Waals surface area contributed by atoms with Crippen molar-refractivity contribution >= 4 is 35.6 Å². The molecule has 2 aromatic carbocycles. The van der Waals surface area contributed by atoms with Crippen LogP contribution in [0.2, 0.25) is 0 Å². The van der Waals surface area contributed by atoms with E-state index >= 15 is 0 Å². The Kier molecular flexibility index (Phi) is 9.82. The van der Waals surface area contributed by atoms with E-state index in [4.69, 9.17) is 15.2 Å². The summed E-state index contributed by atoms with van der Waals surface area (Å²) in [5, 5.41) is 3.06. The van der Waals surface area contributed by atoms with Gasteiger partial charge in [0.1, 0.15) is 18.1 Å². The van der Waals surface area contributed by atoms with Gasteiger partial charge in [0.05, 0.1) is 13.7 Å². The molecule has 6 nitrogen and oxygen atoms in total. The van der Waals surface area contributed by atoms with Crippen LogP contribution in [-0.2, 0) is 6.54 Å². The van der Waals surface area contributed by atoms with E-state index in [1.54, 1.807) is 7.11 Å². The molecule has 26 heavy (non-hydrogen) atoms. The van der Waals surface area contributed by atoms with Crippen LogP contribution in [0, 0.1) is 0 Å². The molecule has 0 spiro atoms. The van der Waals surface area contributed by atoms with Gasteiger partial charge in [-0.05, 0) is 56.1 Å². The number of rotatable bonds is 8. The molecule has 0 amide bonds. The van der Waals surface area contributed by atoms with Crippen LogP contribution in [0.15, 0.2) is 53.5 Å². The zero-order valence-corrected chi connectivity index (χ0v) is 17.8. The van der Waals surface area contributed by atoms with Crippen molar-refractivity contribution in [3.05, 3.63) is 54.1 Å². The van der Waals surface area contributed by atoms with Gasteiger partial charge in [-0.2, -0.15) is 0 Å². The second kappa shape index (κ2) is 11.6. The number of halogens is 1. The maximum atomic E-state index is 5.95. The molecular weight excluding hydrogens is 443 g/mol. The molecule has 0 radical (unpaired) electrons. The van der Waals surface area contributed by atoms with E-state index in [1.165, 1.54) is 0 Å². The first-order valence-electron chi connectivity index (χ1n) is 8.14. The van der Waals surface area contributed by atoms with Crippen molar-refractivity contribution in [1.29, 1.82) is 0 Å². The Labute approximate surface area is 172 Å². The summed E-state index contributed by atoms with van der Waals surface area (Å²) in [6.07, 6.45) is 0. The predicted molar refractivity (Wildman–Crippen MR) is 118 cm³/mol. The summed E-state index contributed by atoms with van der Waals surface area (Å²) in [6, 6.07) is 15.4. The zero-order chi connectivity index (χ0) is 18.1. The SMILES string of the molecule is COc1ccc(NC(N)=NCc2cccc(OCCN(C)C)c2)cc1.I. The minimum Gasteiger partial charge on any atom is -0.497 e. The van der Waals surface area contributed by atoms with Crippen LogP contribution in [0.3, 0.4) is 0 Å². The van der Waals surface area contributed by atoms with Crippen molar-refractivity contribution < 1.29 is 9.47 Å². The van der Waals surface area contributed by atoms with Crippen LogP contribution in [0.4, 0.5) is 5.69 Å². The van der Waals surface area contributed by atoms with E-state index in [0.717, 1.165) is 29.3 Å². The highest BCUT2D eigenvalue weighted by molar-refractivity contribution is 14.0. The van der Waals surface area contributed by atoms with Gasteiger partial charge in [-0.25, -0.2) is 4.99 Å². The molecule has 0 fully saturated rings. The van der Waals surface area contributed by atoms with Crippen molar-refractivity contribution in [2.75, 3.05) is 39.7 Å². The van der Waals surface area contributed by atoms with E-state index in [1.807, 2.05) is 62.6 Å². The summed E-state index contributed by atoms with van der Waals surface area (Å²) in [5.74, 6) is 2.01. The number of hydrogen-bond donors (Lipinski definition) is 2. The standard InChI is InChI=1S/C19H26N4O2.HI/c1-23(2)11-12-25-18-6-4-5-15(13-18)14-21-19(20)22-16-7-9-17(24-3)10-8-16;/h4-10,13H,11-12,14H2,1-3H3,(H3,20,21,22);1H. The molecule has 2 rings (SSSR count). The van der Waals surface area contributed by atoms with Crippen molar-refractivity contribution in [2.24, 2.45) is 10.7 Å². The van der Waals surface area contributed by atoms with Crippen LogP contribution in [0.25, 0.3) is 0 Å². The highest BCUT2D eigenvalue weighted by atomic mass is 127. The van der Waals surface area contributed by atoms with E-state index in [0.29, 0.717) is 19.1 Å². The van der Waals surface area contributed by atoms with Crippen LogP contribution >= 0.6 is 24.0 Å². The fourth-order valence-electron chi connectivity index (χ4n) is 2.12. The van der Waals surface area contributed by atoms with Crippen molar-refractivity contribution in [3.8, 4) is 11.5 Å². The fourth-order valence-corrected chi connectivity index (χ4v) is 2.12. The summed E-state index contributed by atoms with van der Waals surface area (Å²) in [4.78, 5) is 6.45. The molecule has 3 N–H and O–H groups in total. The Hall–Kier alpha value is -2.00. The van der Waals surface area contributed by atoms with Crippen LogP contribution in [0.1, 0.15) is 5.56 Å². The van der Waals surface area contributed by atoms with Gasteiger partial charge in [-0.3, -0.25) is 0 Å². The van der Waals surface area contributed by atoms with Gasteiger partial charge in [0.15, 0.2) is 5.96 Å². The Morgan fingerprint density at radius 1 is 1.12 bits per heavy atom. The third-order valence-corrected chi connectivity index (χ3v) is 3.50. The highest BCUT2D eigenvalue weighted by Crippen LogP contribution is 2.16. The summed E-state index contributed by atoms with van der Waals surface area (Å²) < 4.78 is 10.9. The maximum absolute atomic E-state index is 5.95. The number of aliphatic imine (C=N–C) groups is 1. The molecule has 142 valence electrons. The van der Waals surface area contributed by atoms with Gasteiger partial charge >= 0.3 is 0 Å². The highest BCUT2D eigenvalue weighted by Gasteiger charge is 2.00. The molecule has 0 heterocycles. The predicted octanol–water partition coefficient (Wildman–Crippen LogP) is 3.18. The summed E-state index contributed by atoms with van der Waals surface area (Å²) in [5.41, 5.74) is 7.85. The van der Waals surface area contributed by atoms with Crippen LogP contribution in [-0.4, -0.2) is 45.2 Å². The smallest absolute Gasteiger partial charge is 0.193 e. The van der Waals surface area contributed by atoms with E-state index in [-0.39, 0.29) is 24.0 Å². The number of nitrogens with one attached hydrogen (secondary N) is 1. The minimum absolute atomic E-state index is 0. The Morgan fingerprint density at radius 3 is 2.50 bits per heavy atom. The molecular formula is C19H27IN4O2. The van der Waals surface area contributed by atoms with Gasteiger partial charge in [-0.1, -0.05) is 12.1 Å². The first-order chi connectivity index (χ1) is 12.1. The second-order valence-electron chi connectivity index (χ2n) is 5.85. The van der Waals surface area contributed by atoms with Crippen LogP contribution in [0.5, 0.6) is 11.5 Å². The number of hydrogen-bond acceptors (Lipinski definition) is 4. The van der Waals surface area contributed by atoms with E-state index < -0.39 is 0 Å². The number of nitrogens with two attached hydrogens (primary N) is 1. The quantitative estimate of drug-likeness (QED) is 0.352. The van der Waals surface area contributed by atoms with Crippen molar-refractivity contribution in [1.82, 2.24) is 4.90 Å². The van der Waals surface area contributed by atoms with Crippen LogP contribution < -0.4 is 20.5 Å². The molecule has 0 aromatic heterocycles. The lowest BCUT2D eigenvalue weighted by molar-refractivity contribution is 0.261. The number of ether oxygens (including phenoxy) is 2. The first kappa shape index (κ1) is 22.0. The number of benzene rings is 2. The molecule has 2 aromatic rings. The van der Waals surface area contributed by atoms with Gasteiger partial charge < -0.3 is 25.4 Å². The minimum atomic E-state index is 0. The summed E-state index contributed by atoms with van der Waals surface area (Å²) in [7, 11) is 5.68. The molecule has 0 aliphatic rings. The van der Waals surface area contributed by atoms with Crippen molar-refractivity contribution in [3.63, 3.8) is 0 Å². The Balaban J connectivity index is 0.00000338. The van der Waals surface area contributed by atoms with Gasteiger partial charge in [0.2, 0.25) is 0 Å². The molecule has 0 atom stereocenters. The first-order valence-corrected chi connectivity index (χ1v) is 8.14. The summed E-state index contributed by atoms with van der Waals surface area (Å²) in [6.45, 7) is 2.02. The molecule has 0 saturated carbocycles. The van der Waals surface area contributed by atoms with E-state index in [2.05, 4.69) is 15.2 Å². The number of likely N-dealkylation sites (N-methyl/N-ethyl adjacent to an activating group) is 1. The normalized spacial score (nSPS) is 11.0. The largest absolute Gasteiger partial charge is 0.497 e. The second-order valence-corrected chi connectivity index (χ2v) is 5.85. The van der Waals surface area contributed by atoms with Gasteiger partial charge in [0.25, 0.3) is 0 Å². The van der Waals surface area contributed by atoms with Gasteiger partial charge in [0, 0.05) is 12.2 Å². The third-order valence-electron chi connectivity index (χ3n) is 3.50. The number of methoxy groups -OCH3 is 1. The third kappa shape index (κ3) is 7.92. The van der Waals surface area contributed by atoms with Gasteiger partial charge in [-0.15, -0.1) is 24.0 Å². The van der Waals surface area contributed by atoms with E-state index in [9.17, 15) is 0 Å². The lowest BCUT2D eigenvalue weighted by Gasteiger charge is -2.11. The summed E-state index contributed by atoms with van der Waals surface area (Å²) >= 11 is 0. The topological polar surface area (TPSA) is 72.1 Å². The monoisotopic (exact) mass is 470 g/mol. The Bertz CT molecular complexity index is 690. The lowest BCUT2D eigenvalue weighted by Crippen LogP contribution is -2.22. The maximum Gasteiger partial charge on any atom is 0.193 e. The fraction of sp³-hybridized carbons (Fsp3) is 0.316. The average molecular weight is 470 g/mol. The molecule has 0 saturated heterocycles. The molecule has 0 aliphatic carbocycles. The Morgan fingerprint density at radius 2 is 1.85 bits per heavy atom. The average Bonchev–Trinajstić information content (AvgIpc) is 2.61. The number of anilines is 1. The molecule has 0 aliphatic heterocycles. The zero-order valence-electron chi connectivity index (χ0n) is 15.4. The molecule has 7 heteroatoms. The number of nitrogens with zero attached hydrogens (tertiary/aromatic N) is 2. The molecule has 0 unspecified atom stereocenters. The van der Waals surface area contributed by atoms with Crippen molar-refractivity contribution in [2.45, 2.75) is 6.54 Å².